The SMILES string of the molecule is COC(=O)/C=c1\sc2n(c1=O)C(N)=C(C#N)C(c1ccc(F)cc1)C=2C(=O)Nc1cccc(C)c1. The highest BCUT2D eigenvalue weighted by atomic mass is 32.1. The molecule has 1 amide bonds. The maximum absolute atomic E-state index is 13.7. The van der Waals surface area contributed by atoms with Gasteiger partial charge in [0.25, 0.3) is 11.5 Å². The number of hydrogen-bond donors (Lipinski definition) is 2. The number of rotatable bonds is 4. The summed E-state index contributed by atoms with van der Waals surface area (Å²) in [4.78, 5) is 38.6. The lowest BCUT2D eigenvalue weighted by atomic mass is 9.83. The summed E-state index contributed by atoms with van der Waals surface area (Å²) >= 11 is 0.872. The lowest BCUT2D eigenvalue weighted by Gasteiger charge is -2.25. The molecule has 2 aromatic carbocycles. The summed E-state index contributed by atoms with van der Waals surface area (Å²) < 4.78 is 19.5. The third-order valence-corrected chi connectivity index (χ3v) is 6.55. The molecule has 1 unspecified atom stereocenters. The smallest absolute Gasteiger partial charge is 0.332 e. The van der Waals surface area contributed by atoms with Crippen LogP contribution in [0.2, 0.25) is 0 Å². The molecule has 4 rings (SSSR count). The van der Waals surface area contributed by atoms with Crippen molar-refractivity contribution in [1.29, 1.82) is 5.26 Å². The van der Waals surface area contributed by atoms with Crippen molar-refractivity contribution < 1.29 is 18.7 Å². The van der Waals surface area contributed by atoms with Crippen LogP contribution in [-0.2, 0) is 14.3 Å². The number of allylic oxidation sites excluding steroid dienone is 1. The fourth-order valence-corrected chi connectivity index (χ4v) is 4.98. The van der Waals surface area contributed by atoms with Crippen LogP contribution >= 0.6 is 11.3 Å². The van der Waals surface area contributed by atoms with Gasteiger partial charge in [-0.1, -0.05) is 24.3 Å². The summed E-state index contributed by atoms with van der Waals surface area (Å²) in [5.74, 6) is -2.98. The van der Waals surface area contributed by atoms with Crippen LogP contribution in [0.15, 0.2) is 58.9 Å². The summed E-state index contributed by atoms with van der Waals surface area (Å²) in [6.45, 7) is 1.87. The van der Waals surface area contributed by atoms with E-state index in [4.69, 9.17) is 5.73 Å². The van der Waals surface area contributed by atoms with E-state index in [2.05, 4.69) is 10.1 Å². The molecule has 0 aliphatic carbocycles. The Bertz CT molecular complexity index is 1610. The van der Waals surface area contributed by atoms with Crippen molar-refractivity contribution in [1.82, 2.24) is 4.57 Å². The Kier molecular flexibility index (Phi) is 6.36. The van der Waals surface area contributed by atoms with E-state index in [0.717, 1.165) is 27.5 Å². The number of benzene rings is 2. The number of ether oxygens (including phenoxy) is 1. The first-order valence-electron chi connectivity index (χ1n) is 10.3. The molecule has 1 aromatic heterocycles. The number of esters is 1. The molecule has 0 fully saturated rings. The van der Waals surface area contributed by atoms with E-state index in [9.17, 15) is 24.0 Å². The number of anilines is 1. The van der Waals surface area contributed by atoms with Gasteiger partial charge in [-0.3, -0.25) is 14.2 Å². The molecular weight excluding hydrogens is 471 g/mol. The van der Waals surface area contributed by atoms with E-state index in [1.165, 1.54) is 31.4 Å². The predicted octanol–water partition coefficient (Wildman–Crippen LogP) is 1.55. The predicted molar refractivity (Wildman–Crippen MR) is 130 cm³/mol. The molecule has 176 valence electrons. The van der Waals surface area contributed by atoms with Gasteiger partial charge in [0.1, 0.15) is 20.8 Å². The van der Waals surface area contributed by atoms with Crippen molar-refractivity contribution in [2.24, 2.45) is 5.73 Å². The van der Waals surface area contributed by atoms with Crippen LogP contribution in [0.5, 0.6) is 0 Å². The minimum Gasteiger partial charge on any atom is -0.466 e. The Morgan fingerprint density at radius 1 is 1.26 bits per heavy atom. The number of carbonyl (C=O) groups is 2. The number of aryl methyl sites for hydroxylation is 1. The van der Waals surface area contributed by atoms with E-state index in [1.54, 1.807) is 18.2 Å². The molecule has 2 heterocycles. The van der Waals surface area contributed by atoms with Gasteiger partial charge in [0.05, 0.1) is 30.2 Å². The third kappa shape index (κ3) is 4.37. The van der Waals surface area contributed by atoms with Gasteiger partial charge in [0.15, 0.2) is 0 Å². The van der Waals surface area contributed by atoms with Crippen LogP contribution in [0, 0.1) is 24.1 Å². The minimum absolute atomic E-state index is 0.0206. The summed E-state index contributed by atoms with van der Waals surface area (Å²) in [6.07, 6.45) is 1.00. The molecule has 3 aromatic rings. The zero-order valence-electron chi connectivity index (χ0n) is 18.7. The van der Waals surface area contributed by atoms with Crippen LogP contribution in [-0.4, -0.2) is 23.6 Å². The normalized spacial score (nSPS) is 15.4. The number of nitrogens with one attached hydrogen (secondary N) is 1. The second-order valence-electron chi connectivity index (χ2n) is 7.71. The third-order valence-electron chi connectivity index (χ3n) is 5.44. The fraction of sp³-hybridized carbons (Fsp3) is 0.120. The number of thiazole rings is 1. The van der Waals surface area contributed by atoms with Crippen LogP contribution < -0.4 is 25.8 Å². The molecule has 8 nitrogen and oxygen atoms in total. The number of amides is 1. The van der Waals surface area contributed by atoms with Gasteiger partial charge in [0, 0.05) is 11.8 Å². The zero-order valence-corrected chi connectivity index (χ0v) is 19.5. The van der Waals surface area contributed by atoms with Crippen molar-refractivity contribution in [3.63, 3.8) is 0 Å². The van der Waals surface area contributed by atoms with Gasteiger partial charge in [-0.05, 0) is 42.3 Å². The van der Waals surface area contributed by atoms with Crippen molar-refractivity contribution in [2.45, 2.75) is 12.8 Å². The second kappa shape index (κ2) is 9.40. The molecule has 0 saturated heterocycles. The highest BCUT2D eigenvalue weighted by molar-refractivity contribution is 7.07. The van der Waals surface area contributed by atoms with Crippen molar-refractivity contribution in [2.75, 3.05) is 12.4 Å². The van der Waals surface area contributed by atoms with Crippen LogP contribution in [0.1, 0.15) is 17.0 Å². The number of aromatic nitrogens is 1. The Morgan fingerprint density at radius 2 is 1.97 bits per heavy atom. The van der Waals surface area contributed by atoms with Gasteiger partial charge in [-0.2, -0.15) is 5.26 Å². The standard InChI is InChI=1S/C25H19FN4O4S/c1-13-4-3-5-16(10-13)29-23(32)21-20(14-6-8-15(26)9-7-14)17(12-27)22(28)30-24(33)18(35-25(21)30)11-19(31)34-2/h3-11,20H,28H2,1-2H3,(H,29,32)/b18-11-. The number of nitrogens with two attached hydrogens (primary N) is 1. The van der Waals surface area contributed by atoms with E-state index < -0.39 is 29.2 Å². The lowest BCUT2D eigenvalue weighted by molar-refractivity contribution is -0.133. The average Bonchev–Trinajstić information content (AvgIpc) is 3.15. The van der Waals surface area contributed by atoms with Crippen molar-refractivity contribution >= 4 is 46.4 Å². The summed E-state index contributed by atoms with van der Waals surface area (Å²) in [5.41, 5.74) is 7.45. The molecule has 3 N–H and O–H groups in total. The number of nitrogens with zero attached hydrogens (tertiary/aromatic N) is 2. The Labute approximate surface area is 202 Å². The van der Waals surface area contributed by atoms with Crippen LogP contribution in [0.3, 0.4) is 0 Å². The summed E-state index contributed by atoms with van der Waals surface area (Å²) in [6, 6.07) is 14.4. The van der Waals surface area contributed by atoms with E-state index in [1.807, 2.05) is 19.1 Å². The Balaban J connectivity index is 2.05. The maximum atomic E-state index is 13.7. The molecule has 0 saturated carbocycles. The van der Waals surface area contributed by atoms with Gasteiger partial charge < -0.3 is 15.8 Å². The quantitative estimate of drug-likeness (QED) is 0.535. The monoisotopic (exact) mass is 490 g/mol. The van der Waals surface area contributed by atoms with Crippen LogP contribution in [0.4, 0.5) is 10.1 Å². The molecule has 1 atom stereocenters. The molecule has 0 bridgehead atoms. The number of methoxy groups -OCH3 is 1. The van der Waals surface area contributed by atoms with Gasteiger partial charge >= 0.3 is 5.97 Å². The van der Waals surface area contributed by atoms with E-state index >= 15 is 0 Å². The molecule has 1 aliphatic heterocycles. The Morgan fingerprint density at radius 3 is 2.60 bits per heavy atom. The zero-order chi connectivity index (χ0) is 25.3. The summed E-state index contributed by atoms with van der Waals surface area (Å²) in [7, 11) is 1.17. The van der Waals surface area contributed by atoms with Gasteiger partial charge in [0.2, 0.25) is 0 Å². The van der Waals surface area contributed by atoms with Crippen LogP contribution in [0.25, 0.3) is 17.5 Å². The Hall–Kier alpha value is -4.49. The first-order valence-corrected chi connectivity index (χ1v) is 11.2. The number of hydrogen-bond acceptors (Lipinski definition) is 7. The molecular formula is C25H19FN4O4S. The van der Waals surface area contributed by atoms with Gasteiger partial charge in [-0.15, -0.1) is 11.3 Å². The molecule has 10 heteroatoms. The van der Waals surface area contributed by atoms with Crippen molar-refractivity contribution in [3.05, 3.63) is 90.6 Å². The second-order valence-corrected chi connectivity index (χ2v) is 8.74. The minimum atomic E-state index is -0.977. The average molecular weight is 491 g/mol. The van der Waals surface area contributed by atoms with Gasteiger partial charge in [-0.25, -0.2) is 9.18 Å². The van der Waals surface area contributed by atoms with E-state index in [-0.39, 0.29) is 26.2 Å². The first kappa shape index (κ1) is 23.7. The number of fused-ring (bicyclic) bond motifs is 1. The van der Waals surface area contributed by atoms with Crippen molar-refractivity contribution in [3.8, 4) is 6.07 Å². The number of carbonyl (C=O) groups excluding carboxylic acids is 2. The molecule has 1 aliphatic rings. The highest BCUT2D eigenvalue weighted by Gasteiger charge is 2.35. The fourth-order valence-electron chi connectivity index (χ4n) is 3.84. The molecule has 0 spiro atoms. The first-order chi connectivity index (χ1) is 16.7. The van der Waals surface area contributed by atoms with E-state index in [0.29, 0.717) is 11.3 Å². The summed E-state index contributed by atoms with van der Waals surface area (Å²) in [5, 5.41) is 12.8. The molecule has 0 radical (unpaired) electrons. The number of halogens is 1. The lowest BCUT2D eigenvalue weighted by Crippen LogP contribution is -2.40. The number of nitriles is 1. The maximum Gasteiger partial charge on any atom is 0.332 e. The highest BCUT2D eigenvalue weighted by Crippen LogP contribution is 2.36. The largest absolute Gasteiger partial charge is 0.466 e. The topological polar surface area (TPSA) is 127 Å². The molecule has 35 heavy (non-hydrogen) atoms.